The van der Waals surface area contributed by atoms with Crippen LogP contribution >= 0.6 is 0 Å². The topological polar surface area (TPSA) is 41.1 Å². The highest BCUT2D eigenvalue weighted by molar-refractivity contribution is 5.96. The monoisotopic (exact) mass is 326 g/mol. The number of aryl methyl sites for hydroxylation is 1. The van der Waals surface area contributed by atoms with Crippen molar-refractivity contribution in [3.8, 4) is 0 Å². The number of halogens is 4. The number of hydrogen-bond donors (Lipinski definition) is 2. The van der Waals surface area contributed by atoms with Crippen molar-refractivity contribution >= 4 is 17.3 Å². The zero-order valence-corrected chi connectivity index (χ0v) is 12.4. The van der Waals surface area contributed by atoms with Gasteiger partial charge < -0.3 is 10.6 Å². The molecule has 0 unspecified atom stereocenters. The number of anilines is 2. The van der Waals surface area contributed by atoms with Crippen LogP contribution in [0.2, 0.25) is 0 Å². The molecule has 0 aliphatic carbocycles. The molecule has 0 aromatic heterocycles. The average Bonchev–Trinajstić information content (AvgIpc) is 2.51. The molecule has 7 heteroatoms. The van der Waals surface area contributed by atoms with E-state index >= 15 is 0 Å². The second-order valence-corrected chi connectivity index (χ2v) is 5.04. The fraction of sp³-hybridized carbons (Fsp3) is 0.188. The van der Waals surface area contributed by atoms with Gasteiger partial charge in [-0.3, -0.25) is 4.79 Å². The molecule has 0 heterocycles. The lowest BCUT2D eigenvalue weighted by Crippen LogP contribution is -2.32. The van der Waals surface area contributed by atoms with Crippen molar-refractivity contribution in [3.05, 3.63) is 59.2 Å². The normalized spacial score (nSPS) is 11.9. The van der Waals surface area contributed by atoms with Crippen LogP contribution in [-0.4, -0.2) is 11.9 Å². The van der Waals surface area contributed by atoms with Gasteiger partial charge in [0.15, 0.2) is 17.5 Å². The van der Waals surface area contributed by atoms with Gasteiger partial charge in [0.05, 0.1) is 5.69 Å². The van der Waals surface area contributed by atoms with Gasteiger partial charge in [0.1, 0.15) is 11.9 Å². The predicted octanol–water partition coefficient (Wildman–Crippen LogP) is 3.99. The molecule has 0 radical (unpaired) electrons. The van der Waals surface area contributed by atoms with E-state index in [0.29, 0.717) is 17.3 Å². The van der Waals surface area contributed by atoms with Gasteiger partial charge in [0.25, 0.3) is 0 Å². The first-order valence-corrected chi connectivity index (χ1v) is 6.76. The quantitative estimate of drug-likeness (QED) is 0.659. The Morgan fingerprint density at radius 1 is 1.00 bits per heavy atom. The van der Waals surface area contributed by atoms with Gasteiger partial charge in [-0.05, 0) is 43.7 Å². The summed E-state index contributed by atoms with van der Waals surface area (Å²) in [5, 5.41) is 4.88. The largest absolute Gasteiger partial charge is 0.374 e. The van der Waals surface area contributed by atoms with E-state index in [2.05, 4.69) is 10.6 Å². The van der Waals surface area contributed by atoms with Crippen LogP contribution < -0.4 is 10.6 Å². The maximum absolute atomic E-state index is 13.5. The molecule has 0 aliphatic rings. The molecule has 2 N–H and O–H groups in total. The molecular weight excluding hydrogens is 312 g/mol. The molecular formula is C16H14F4N2O. The Labute approximate surface area is 130 Å². The van der Waals surface area contributed by atoms with E-state index in [-0.39, 0.29) is 0 Å². The standard InChI is InChI=1S/C16H14F4N2O/c1-8-3-4-10(7-12(8)18)21-9(2)16(23)22-13-6-5-11(17)14(19)15(13)20/h3-7,9,21H,1-2H3,(H,22,23)/t9-/m1/s1. The molecule has 2 aromatic carbocycles. The van der Waals surface area contributed by atoms with Crippen LogP contribution in [0.15, 0.2) is 30.3 Å². The van der Waals surface area contributed by atoms with E-state index in [1.165, 1.54) is 19.1 Å². The summed E-state index contributed by atoms with van der Waals surface area (Å²) >= 11 is 0. The fourth-order valence-corrected chi connectivity index (χ4v) is 1.86. The Morgan fingerprint density at radius 3 is 2.35 bits per heavy atom. The molecule has 0 aliphatic heterocycles. The van der Waals surface area contributed by atoms with Crippen molar-refractivity contribution in [1.29, 1.82) is 0 Å². The van der Waals surface area contributed by atoms with Gasteiger partial charge >= 0.3 is 0 Å². The molecule has 0 bridgehead atoms. The fourth-order valence-electron chi connectivity index (χ4n) is 1.86. The zero-order valence-electron chi connectivity index (χ0n) is 12.4. The Balaban J connectivity index is 2.08. The lowest BCUT2D eigenvalue weighted by atomic mass is 10.2. The highest BCUT2D eigenvalue weighted by atomic mass is 19.2. The van der Waals surface area contributed by atoms with Crippen LogP contribution in [0.3, 0.4) is 0 Å². The third kappa shape index (κ3) is 3.80. The minimum atomic E-state index is -1.66. The third-order valence-electron chi connectivity index (χ3n) is 3.24. The average molecular weight is 326 g/mol. The molecule has 1 atom stereocenters. The molecule has 3 nitrogen and oxygen atoms in total. The van der Waals surface area contributed by atoms with Gasteiger partial charge in [-0.2, -0.15) is 0 Å². The molecule has 1 amide bonds. The van der Waals surface area contributed by atoms with Crippen molar-refractivity contribution < 1.29 is 22.4 Å². The minimum Gasteiger partial charge on any atom is -0.374 e. The first-order valence-electron chi connectivity index (χ1n) is 6.76. The van der Waals surface area contributed by atoms with Gasteiger partial charge in [-0.15, -0.1) is 0 Å². The van der Waals surface area contributed by atoms with E-state index in [4.69, 9.17) is 0 Å². The molecule has 0 saturated carbocycles. The predicted molar refractivity (Wildman–Crippen MR) is 79.2 cm³/mol. The summed E-state index contributed by atoms with van der Waals surface area (Å²) in [6, 6.07) is 5.12. The van der Waals surface area contributed by atoms with Crippen LogP contribution in [0.25, 0.3) is 0 Å². The van der Waals surface area contributed by atoms with Gasteiger partial charge in [0.2, 0.25) is 5.91 Å². The lowest BCUT2D eigenvalue weighted by molar-refractivity contribution is -0.116. The summed E-state index contributed by atoms with van der Waals surface area (Å²) in [6.45, 7) is 3.06. The Bertz CT molecular complexity index is 749. The number of rotatable bonds is 4. The number of carbonyl (C=O) groups excluding carboxylic acids is 1. The van der Waals surface area contributed by atoms with E-state index in [0.717, 1.165) is 6.07 Å². The Kier molecular flexibility index (Phi) is 4.88. The summed E-state index contributed by atoms with van der Waals surface area (Å²) < 4.78 is 52.9. The SMILES string of the molecule is Cc1ccc(N[C@H](C)C(=O)Nc2ccc(F)c(F)c2F)cc1F. The van der Waals surface area contributed by atoms with Crippen LogP contribution in [0.4, 0.5) is 28.9 Å². The van der Waals surface area contributed by atoms with Crippen LogP contribution in [0, 0.1) is 30.2 Å². The molecule has 0 spiro atoms. The zero-order chi connectivity index (χ0) is 17.1. The third-order valence-corrected chi connectivity index (χ3v) is 3.24. The minimum absolute atomic E-state index is 0.363. The maximum Gasteiger partial charge on any atom is 0.246 e. The van der Waals surface area contributed by atoms with Gasteiger partial charge in [0, 0.05) is 5.69 Å². The molecule has 122 valence electrons. The molecule has 0 fully saturated rings. The summed E-state index contributed by atoms with van der Waals surface area (Å²) in [5.41, 5.74) is 0.343. The van der Waals surface area contributed by atoms with Crippen LogP contribution in [-0.2, 0) is 4.79 Å². The molecule has 2 aromatic rings. The second-order valence-electron chi connectivity index (χ2n) is 5.04. The first kappa shape index (κ1) is 16.8. The van der Waals surface area contributed by atoms with E-state index in [1.54, 1.807) is 13.0 Å². The van der Waals surface area contributed by atoms with Crippen molar-refractivity contribution in [3.63, 3.8) is 0 Å². The van der Waals surface area contributed by atoms with Crippen molar-refractivity contribution in [1.82, 2.24) is 0 Å². The van der Waals surface area contributed by atoms with Gasteiger partial charge in [-0.1, -0.05) is 6.07 Å². The lowest BCUT2D eigenvalue weighted by Gasteiger charge is -2.16. The number of nitrogens with one attached hydrogen (secondary N) is 2. The number of carbonyl (C=O) groups is 1. The van der Waals surface area contributed by atoms with Gasteiger partial charge in [-0.25, -0.2) is 17.6 Å². The molecule has 2 rings (SSSR count). The number of benzene rings is 2. The van der Waals surface area contributed by atoms with E-state index in [1.807, 2.05) is 0 Å². The smallest absolute Gasteiger partial charge is 0.246 e. The highest BCUT2D eigenvalue weighted by Gasteiger charge is 2.18. The summed E-state index contributed by atoms with van der Waals surface area (Å²) in [5.74, 6) is -5.61. The summed E-state index contributed by atoms with van der Waals surface area (Å²) in [7, 11) is 0. The van der Waals surface area contributed by atoms with Crippen molar-refractivity contribution in [2.75, 3.05) is 10.6 Å². The van der Waals surface area contributed by atoms with E-state index in [9.17, 15) is 22.4 Å². The molecule has 23 heavy (non-hydrogen) atoms. The van der Waals surface area contributed by atoms with Crippen molar-refractivity contribution in [2.45, 2.75) is 19.9 Å². The van der Waals surface area contributed by atoms with E-state index < -0.39 is 40.9 Å². The second kappa shape index (κ2) is 6.68. The number of amides is 1. The summed E-state index contributed by atoms with van der Waals surface area (Å²) in [6.07, 6.45) is 0. The van der Waals surface area contributed by atoms with Crippen LogP contribution in [0.1, 0.15) is 12.5 Å². The summed E-state index contributed by atoms with van der Waals surface area (Å²) in [4.78, 5) is 12.0. The maximum atomic E-state index is 13.5. The highest BCUT2D eigenvalue weighted by Crippen LogP contribution is 2.20. The number of hydrogen-bond acceptors (Lipinski definition) is 2. The van der Waals surface area contributed by atoms with Crippen LogP contribution in [0.5, 0.6) is 0 Å². The Morgan fingerprint density at radius 2 is 1.70 bits per heavy atom. The Hall–Kier alpha value is -2.57. The molecule has 0 saturated heterocycles. The first-order chi connectivity index (χ1) is 10.8. The van der Waals surface area contributed by atoms with Crippen molar-refractivity contribution in [2.24, 2.45) is 0 Å².